The summed E-state index contributed by atoms with van der Waals surface area (Å²) >= 11 is -0.723. The van der Waals surface area contributed by atoms with Crippen LogP contribution in [0.4, 0.5) is 5.69 Å². The minimum absolute atomic E-state index is 0.723. The molecule has 0 heterocycles. The third-order valence-electron chi connectivity index (χ3n) is 4.80. The molecule has 0 saturated heterocycles. The number of unbranched alkanes of at least 4 members (excludes halogenated alkanes) is 8. The molecule has 1 rings (SSSR count). The van der Waals surface area contributed by atoms with Crippen LogP contribution in [-0.2, 0) is 0 Å². The third kappa shape index (κ3) is 8.85. The van der Waals surface area contributed by atoms with Crippen molar-refractivity contribution in [2.45, 2.75) is 82.6 Å². The fourth-order valence-corrected chi connectivity index (χ4v) is 5.08. The van der Waals surface area contributed by atoms with Gasteiger partial charge >= 0.3 is 124 Å². The summed E-state index contributed by atoms with van der Waals surface area (Å²) in [4.78, 5) is 2.42. The quantitative estimate of drug-likeness (QED) is 0.300. The van der Waals surface area contributed by atoms with Gasteiger partial charge in [-0.3, -0.25) is 0 Å². The molecule has 2 heteroatoms. The first-order valence-electron chi connectivity index (χ1n) is 9.71. The first kappa shape index (κ1) is 20.6. The molecule has 1 aromatic carbocycles. The van der Waals surface area contributed by atoms with Crippen molar-refractivity contribution < 1.29 is 0 Å². The van der Waals surface area contributed by atoms with E-state index >= 15 is 0 Å². The molecule has 23 heavy (non-hydrogen) atoms. The first-order chi connectivity index (χ1) is 11.2. The van der Waals surface area contributed by atoms with Crippen LogP contribution in [0, 0.1) is 0 Å². The van der Waals surface area contributed by atoms with Crippen molar-refractivity contribution in [2.75, 3.05) is 18.5 Å². The molecule has 1 nitrogen and oxygen atoms in total. The molecule has 1 aromatic rings. The molecule has 0 aromatic heterocycles. The van der Waals surface area contributed by atoms with E-state index in [1.165, 1.54) is 75.2 Å². The van der Waals surface area contributed by atoms with Crippen LogP contribution >= 0.6 is 0 Å². The summed E-state index contributed by atoms with van der Waals surface area (Å²) in [6.45, 7) is 5.80. The number of nitrogens with zero attached hydrogens (tertiary/aromatic N) is 1. The van der Waals surface area contributed by atoms with Crippen LogP contribution in [0.2, 0.25) is 10.9 Å². The second-order valence-corrected chi connectivity index (χ2v) is 12.1. The van der Waals surface area contributed by atoms with Crippen LogP contribution in [0.15, 0.2) is 24.3 Å². The molecule has 0 amide bonds. The molecule has 0 aliphatic rings. The normalized spacial score (nSPS) is 12.3. The van der Waals surface area contributed by atoms with Crippen LogP contribution in [0.3, 0.4) is 0 Å². The van der Waals surface area contributed by atoms with Crippen molar-refractivity contribution in [1.82, 2.24) is 0 Å². The summed E-state index contributed by atoms with van der Waals surface area (Å²) in [5.41, 5.74) is 3.83. The van der Waals surface area contributed by atoms with Gasteiger partial charge in [0.05, 0.1) is 0 Å². The van der Waals surface area contributed by atoms with E-state index in [2.05, 4.69) is 55.8 Å². The van der Waals surface area contributed by atoms with E-state index in [1.807, 2.05) is 0 Å². The van der Waals surface area contributed by atoms with Crippen molar-refractivity contribution in [1.29, 1.82) is 0 Å². The standard InChI is InChI=1S/C21H38AsN/c1-5-7-8-9-10-11-12-13-14-19-23(4)21-17-15-20(16-18-21)22(3)6-2/h15-18H,5-14,19H2,1-4H3. The molecular formula is C21H38AsN. The molecular weight excluding hydrogens is 341 g/mol. The van der Waals surface area contributed by atoms with Crippen molar-refractivity contribution in [3.63, 3.8) is 0 Å². The van der Waals surface area contributed by atoms with E-state index in [-0.39, 0.29) is 0 Å². The van der Waals surface area contributed by atoms with Gasteiger partial charge in [0.15, 0.2) is 0 Å². The molecule has 1 atom stereocenters. The van der Waals surface area contributed by atoms with Gasteiger partial charge in [-0.1, -0.05) is 26.2 Å². The molecule has 0 saturated carbocycles. The predicted molar refractivity (Wildman–Crippen MR) is 109 cm³/mol. The molecule has 0 spiro atoms. The second kappa shape index (κ2) is 12.9. The van der Waals surface area contributed by atoms with Crippen molar-refractivity contribution in [2.24, 2.45) is 0 Å². The fraction of sp³-hybridized carbons (Fsp3) is 0.714. The average molecular weight is 379 g/mol. The van der Waals surface area contributed by atoms with Gasteiger partial charge < -0.3 is 0 Å². The zero-order valence-electron chi connectivity index (χ0n) is 16.0. The van der Waals surface area contributed by atoms with Gasteiger partial charge in [0, 0.05) is 0 Å². The van der Waals surface area contributed by atoms with Gasteiger partial charge in [0.1, 0.15) is 0 Å². The molecule has 1 unspecified atom stereocenters. The van der Waals surface area contributed by atoms with E-state index in [9.17, 15) is 0 Å². The molecule has 132 valence electrons. The van der Waals surface area contributed by atoms with Gasteiger partial charge in [0.25, 0.3) is 0 Å². The first-order valence-corrected chi connectivity index (χ1v) is 13.9. The maximum absolute atomic E-state index is 2.45. The Morgan fingerprint density at radius 1 is 0.783 bits per heavy atom. The SMILES string of the molecule is CCCCCCCCCCCN(C)c1ccc([As](C)CC)cc1. The van der Waals surface area contributed by atoms with Crippen LogP contribution in [0.1, 0.15) is 71.6 Å². The van der Waals surface area contributed by atoms with Gasteiger partial charge in [-0.05, 0) is 0 Å². The van der Waals surface area contributed by atoms with Crippen LogP contribution in [-0.4, -0.2) is 28.2 Å². The van der Waals surface area contributed by atoms with Gasteiger partial charge in [0.2, 0.25) is 0 Å². The van der Waals surface area contributed by atoms with Crippen molar-refractivity contribution >= 4 is 24.7 Å². The maximum atomic E-state index is 2.45. The Morgan fingerprint density at radius 2 is 1.30 bits per heavy atom. The molecule has 0 aliphatic carbocycles. The summed E-state index contributed by atoms with van der Waals surface area (Å²) in [6.07, 6.45) is 12.7. The van der Waals surface area contributed by atoms with Gasteiger partial charge in [-0.2, -0.15) is 0 Å². The van der Waals surface area contributed by atoms with Crippen LogP contribution in [0.5, 0.6) is 0 Å². The summed E-state index contributed by atoms with van der Waals surface area (Å²) < 4.78 is 1.61. The van der Waals surface area contributed by atoms with E-state index in [4.69, 9.17) is 0 Å². The Labute approximate surface area is 150 Å². The monoisotopic (exact) mass is 379 g/mol. The third-order valence-corrected chi connectivity index (χ3v) is 9.27. The predicted octanol–water partition coefficient (Wildman–Crippen LogP) is 6.01. The van der Waals surface area contributed by atoms with E-state index in [0.717, 1.165) is 0 Å². The Kier molecular flexibility index (Phi) is 11.6. The number of hydrogen-bond acceptors (Lipinski definition) is 1. The summed E-state index contributed by atoms with van der Waals surface area (Å²) in [6, 6.07) is 9.38. The zero-order valence-corrected chi connectivity index (χ0v) is 17.9. The molecule has 0 N–H and O–H groups in total. The number of hydrogen-bond donors (Lipinski definition) is 0. The molecule has 0 aliphatic heterocycles. The minimum atomic E-state index is -0.723. The Bertz CT molecular complexity index is 387. The fourth-order valence-electron chi connectivity index (χ4n) is 2.93. The second-order valence-electron chi connectivity index (χ2n) is 6.78. The average Bonchev–Trinajstić information content (AvgIpc) is 2.59. The van der Waals surface area contributed by atoms with Crippen molar-refractivity contribution in [3.8, 4) is 0 Å². The van der Waals surface area contributed by atoms with Gasteiger partial charge in [-0.25, -0.2) is 0 Å². The van der Waals surface area contributed by atoms with Crippen LogP contribution in [0.25, 0.3) is 0 Å². The Hall–Kier alpha value is -0.422. The Balaban J connectivity index is 2.13. The molecule has 0 bridgehead atoms. The van der Waals surface area contributed by atoms with E-state index in [1.54, 1.807) is 4.35 Å². The topological polar surface area (TPSA) is 3.24 Å². The van der Waals surface area contributed by atoms with E-state index in [0.29, 0.717) is 0 Å². The molecule has 0 fully saturated rings. The zero-order chi connectivity index (χ0) is 16.9. The van der Waals surface area contributed by atoms with Gasteiger partial charge in [-0.15, -0.1) is 0 Å². The number of rotatable bonds is 13. The van der Waals surface area contributed by atoms with E-state index < -0.39 is 14.7 Å². The molecule has 0 radical (unpaired) electrons. The summed E-state index contributed by atoms with van der Waals surface area (Å²) in [5, 5.41) is 1.36. The number of benzene rings is 1. The van der Waals surface area contributed by atoms with Crippen LogP contribution < -0.4 is 9.25 Å². The summed E-state index contributed by atoms with van der Waals surface area (Å²) in [5.74, 6) is 0. The Morgan fingerprint density at radius 3 is 1.83 bits per heavy atom. The number of anilines is 1. The van der Waals surface area contributed by atoms with Crippen molar-refractivity contribution in [3.05, 3.63) is 24.3 Å². The summed E-state index contributed by atoms with van der Waals surface area (Å²) in [7, 11) is 2.24.